The molecule has 1 heterocycles. The fraction of sp³-hybridized carbons (Fsp3) is 0.278. The summed E-state index contributed by atoms with van der Waals surface area (Å²) >= 11 is 0. The summed E-state index contributed by atoms with van der Waals surface area (Å²) in [5.41, 5.74) is 2.00. The van der Waals surface area contributed by atoms with E-state index in [4.69, 9.17) is 11.2 Å². The lowest BCUT2D eigenvalue weighted by Crippen LogP contribution is -2.26. The zero-order valence-corrected chi connectivity index (χ0v) is 13.0. The average Bonchev–Trinajstić information content (AvgIpc) is 2.50. The van der Waals surface area contributed by atoms with E-state index in [0.29, 0.717) is 22.6 Å². The minimum absolute atomic E-state index is 0.152. The standard InChI is InChI=1S/C18H17F2NO2/c1-4-9-23-14-6-7-15(13(3)10-14)16-8-5-12(2)18(22)21(16)11-17(19)20/h1,5-8,10,17H,9,11H2,2-3H3. The first-order valence-corrected chi connectivity index (χ1v) is 7.10. The van der Waals surface area contributed by atoms with E-state index in [1.54, 1.807) is 37.3 Å². The van der Waals surface area contributed by atoms with Crippen molar-refractivity contribution < 1.29 is 13.5 Å². The summed E-state index contributed by atoms with van der Waals surface area (Å²) in [7, 11) is 0. The molecule has 1 aromatic heterocycles. The Kier molecular flexibility index (Phi) is 5.17. The minimum atomic E-state index is -2.60. The summed E-state index contributed by atoms with van der Waals surface area (Å²) < 4.78 is 32.1. The molecule has 0 atom stereocenters. The molecule has 0 aliphatic carbocycles. The van der Waals surface area contributed by atoms with Crippen molar-refractivity contribution in [1.82, 2.24) is 4.57 Å². The highest BCUT2D eigenvalue weighted by atomic mass is 19.3. The van der Waals surface area contributed by atoms with E-state index in [2.05, 4.69) is 5.92 Å². The third kappa shape index (κ3) is 3.78. The first kappa shape index (κ1) is 16.8. The number of alkyl halides is 2. The van der Waals surface area contributed by atoms with Crippen LogP contribution < -0.4 is 10.3 Å². The van der Waals surface area contributed by atoms with Crippen LogP contribution >= 0.6 is 0 Å². The molecule has 0 fully saturated rings. The van der Waals surface area contributed by atoms with Gasteiger partial charge in [-0.15, -0.1) is 6.42 Å². The number of terminal acetylenes is 1. The van der Waals surface area contributed by atoms with E-state index in [1.165, 1.54) is 0 Å². The molecule has 0 saturated carbocycles. The zero-order chi connectivity index (χ0) is 17.0. The van der Waals surface area contributed by atoms with Crippen LogP contribution in [0.2, 0.25) is 0 Å². The maximum Gasteiger partial charge on any atom is 0.256 e. The quantitative estimate of drug-likeness (QED) is 0.791. The second kappa shape index (κ2) is 7.10. The van der Waals surface area contributed by atoms with Crippen molar-refractivity contribution in [2.75, 3.05) is 6.61 Å². The Morgan fingerprint density at radius 1 is 1.22 bits per heavy atom. The van der Waals surface area contributed by atoms with Gasteiger partial charge in [-0.05, 0) is 43.7 Å². The minimum Gasteiger partial charge on any atom is -0.481 e. The van der Waals surface area contributed by atoms with E-state index in [9.17, 15) is 13.6 Å². The number of hydrogen-bond acceptors (Lipinski definition) is 2. The van der Waals surface area contributed by atoms with E-state index < -0.39 is 18.5 Å². The molecule has 0 N–H and O–H groups in total. The van der Waals surface area contributed by atoms with Crippen LogP contribution in [0.1, 0.15) is 11.1 Å². The molecule has 0 spiro atoms. The molecule has 3 nitrogen and oxygen atoms in total. The van der Waals surface area contributed by atoms with Gasteiger partial charge in [-0.3, -0.25) is 4.79 Å². The van der Waals surface area contributed by atoms with Gasteiger partial charge in [-0.2, -0.15) is 0 Å². The van der Waals surface area contributed by atoms with Crippen molar-refractivity contribution in [1.29, 1.82) is 0 Å². The Balaban J connectivity index is 2.52. The molecule has 0 unspecified atom stereocenters. The van der Waals surface area contributed by atoms with Crippen molar-refractivity contribution >= 4 is 0 Å². The molecule has 0 aliphatic rings. The Morgan fingerprint density at radius 2 is 1.96 bits per heavy atom. The predicted molar refractivity (Wildman–Crippen MR) is 85.9 cm³/mol. The normalized spacial score (nSPS) is 10.6. The fourth-order valence-corrected chi connectivity index (χ4v) is 2.38. The number of ether oxygens (including phenoxy) is 1. The molecule has 1 aromatic carbocycles. The Morgan fingerprint density at radius 3 is 2.57 bits per heavy atom. The molecule has 23 heavy (non-hydrogen) atoms. The van der Waals surface area contributed by atoms with E-state index in [-0.39, 0.29) is 6.61 Å². The van der Waals surface area contributed by atoms with Crippen molar-refractivity contribution in [2.45, 2.75) is 26.8 Å². The van der Waals surface area contributed by atoms with Crippen LogP contribution in [-0.4, -0.2) is 17.6 Å². The number of pyridine rings is 1. The zero-order valence-electron chi connectivity index (χ0n) is 13.0. The molecule has 2 rings (SSSR count). The Labute approximate surface area is 133 Å². The number of aryl methyl sites for hydroxylation is 2. The number of aromatic nitrogens is 1. The van der Waals surface area contributed by atoms with E-state index in [0.717, 1.165) is 10.1 Å². The van der Waals surface area contributed by atoms with Gasteiger partial charge in [0.05, 0.1) is 12.2 Å². The highest BCUT2D eigenvalue weighted by Gasteiger charge is 2.14. The summed E-state index contributed by atoms with van der Waals surface area (Å²) in [6.07, 6.45) is 2.54. The predicted octanol–water partition coefficient (Wildman–Crippen LogP) is 3.41. The molecule has 120 valence electrons. The van der Waals surface area contributed by atoms with Crippen LogP contribution in [0.4, 0.5) is 8.78 Å². The maximum atomic E-state index is 12.8. The van der Waals surface area contributed by atoms with Crippen molar-refractivity contribution in [2.24, 2.45) is 0 Å². The molecule has 0 aliphatic heterocycles. The third-order valence-electron chi connectivity index (χ3n) is 3.48. The van der Waals surface area contributed by atoms with Crippen LogP contribution in [-0.2, 0) is 6.54 Å². The molecule has 2 aromatic rings. The van der Waals surface area contributed by atoms with Crippen LogP contribution in [0, 0.1) is 26.2 Å². The summed E-state index contributed by atoms with van der Waals surface area (Å²) in [6, 6.07) is 8.54. The van der Waals surface area contributed by atoms with Crippen molar-refractivity contribution in [3.05, 3.63) is 51.8 Å². The van der Waals surface area contributed by atoms with Crippen LogP contribution in [0.3, 0.4) is 0 Å². The van der Waals surface area contributed by atoms with Gasteiger partial charge < -0.3 is 9.30 Å². The van der Waals surface area contributed by atoms with Crippen molar-refractivity contribution in [3.63, 3.8) is 0 Å². The number of benzene rings is 1. The number of halogens is 2. The number of hydrogen-bond donors (Lipinski definition) is 0. The summed E-state index contributed by atoms with van der Waals surface area (Å²) in [5.74, 6) is 2.97. The summed E-state index contributed by atoms with van der Waals surface area (Å²) in [5, 5.41) is 0. The first-order valence-electron chi connectivity index (χ1n) is 7.10. The Bertz CT molecular complexity index is 804. The number of rotatable bonds is 5. The van der Waals surface area contributed by atoms with E-state index in [1.807, 2.05) is 6.92 Å². The smallest absolute Gasteiger partial charge is 0.256 e. The maximum absolute atomic E-state index is 12.8. The molecular formula is C18H17F2NO2. The van der Waals surface area contributed by atoms with Gasteiger partial charge in [-0.1, -0.05) is 12.0 Å². The van der Waals surface area contributed by atoms with Gasteiger partial charge in [0.1, 0.15) is 12.4 Å². The van der Waals surface area contributed by atoms with Gasteiger partial charge in [0.15, 0.2) is 0 Å². The van der Waals surface area contributed by atoms with Crippen molar-refractivity contribution in [3.8, 4) is 29.4 Å². The lowest BCUT2D eigenvalue weighted by molar-refractivity contribution is 0.126. The second-order valence-electron chi connectivity index (χ2n) is 5.18. The lowest BCUT2D eigenvalue weighted by atomic mass is 10.0. The monoisotopic (exact) mass is 317 g/mol. The largest absolute Gasteiger partial charge is 0.481 e. The van der Waals surface area contributed by atoms with Crippen LogP contribution in [0.25, 0.3) is 11.3 Å². The molecule has 0 radical (unpaired) electrons. The highest BCUT2D eigenvalue weighted by Crippen LogP contribution is 2.27. The average molecular weight is 317 g/mol. The van der Waals surface area contributed by atoms with Crippen LogP contribution in [0.5, 0.6) is 5.75 Å². The molecule has 0 saturated heterocycles. The first-order chi connectivity index (χ1) is 10.9. The fourth-order valence-electron chi connectivity index (χ4n) is 2.38. The highest BCUT2D eigenvalue weighted by molar-refractivity contribution is 5.65. The molecule has 5 heteroatoms. The number of nitrogens with zero attached hydrogens (tertiary/aromatic N) is 1. The summed E-state index contributed by atoms with van der Waals surface area (Å²) in [4.78, 5) is 12.2. The van der Waals surface area contributed by atoms with Gasteiger partial charge in [0, 0.05) is 11.1 Å². The van der Waals surface area contributed by atoms with Gasteiger partial charge >= 0.3 is 0 Å². The van der Waals surface area contributed by atoms with E-state index >= 15 is 0 Å². The lowest BCUT2D eigenvalue weighted by Gasteiger charge is -2.16. The van der Waals surface area contributed by atoms with Gasteiger partial charge in [0.2, 0.25) is 0 Å². The second-order valence-corrected chi connectivity index (χ2v) is 5.18. The van der Waals surface area contributed by atoms with Gasteiger partial charge in [-0.25, -0.2) is 8.78 Å². The van der Waals surface area contributed by atoms with Gasteiger partial charge in [0.25, 0.3) is 12.0 Å². The van der Waals surface area contributed by atoms with Crippen LogP contribution in [0.15, 0.2) is 35.1 Å². The molecule has 0 amide bonds. The Hall–Kier alpha value is -2.61. The topological polar surface area (TPSA) is 31.2 Å². The SMILES string of the molecule is C#CCOc1ccc(-c2ccc(C)c(=O)n2CC(F)F)c(C)c1. The molecule has 0 bridgehead atoms. The third-order valence-corrected chi connectivity index (χ3v) is 3.48. The molecular weight excluding hydrogens is 300 g/mol. The summed E-state index contributed by atoms with van der Waals surface area (Å²) in [6.45, 7) is 2.96.